The Labute approximate surface area is 867 Å². The zero-order valence-corrected chi connectivity index (χ0v) is 90.0. The third-order valence-electron chi connectivity index (χ3n) is 27.0. The average Bonchev–Trinajstić information content (AvgIpc) is 0.814. The highest BCUT2D eigenvalue weighted by Gasteiger charge is 2.26. The molecule has 14 nitrogen and oxygen atoms in total. The topological polar surface area (TPSA) is 158 Å². The summed E-state index contributed by atoms with van der Waals surface area (Å²) in [6.45, 7) is 23.6. The molecule has 0 atom stereocenters. The summed E-state index contributed by atoms with van der Waals surface area (Å²) in [5, 5.41) is 6.63. The van der Waals surface area contributed by atoms with Crippen molar-refractivity contribution in [2.24, 2.45) is 0 Å². The molecule has 776 valence electrons. The van der Waals surface area contributed by atoms with Crippen LogP contribution in [-0.2, 0) is 9.59 Å². The molecule has 0 aliphatic carbocycles. The number of anilines is 2. The van der Waals surface area contributed by atoms with Crippen molar-refractivity contribution in [1.29, 1.82) is 0 Å². The van der Waals surface area contributed by atoms with Gasteiger partial charge in [0, 0.05) is 144 Å². The van der Waals surface area contributed by atoms with Gasteiger partial charge in [-0.1, -0.05) is 396 Å². The van der Waals surface area contributed by atoms with Gasteiger partial charge in [-0.15, -0.1) is 0 Å². The average molecular weight is 1940 g/mol. The number of carbonyl (C=O) groups is 6. The number of Topliss-reactive ketones (excluding diaryl/α,β-unsaturated/α-hetero) is 1. The molecule has 0 heterocycles. The Morgan fingerprint density at radius 2 is 0.469 bits per heavy atom. The van der Waals surface area contributed by atoms with Crippen molar-refractivity contribution in [1.82, 2.24) is 19.6 Å². The molecule has 0 radical (unpaired) electrons. The minimum Gasteiger partial charge on any atom is -0.492 e. The largest absolute Gasteiger partial charge is 0.492 e. The molecule has 7 rings (SSSR count). The molecule has 143 heavy (non-hydrogen) atoms. The molecule has 5 amide bonds. The number of ketones is 1. The highest BCUT2D eigenvalue weighted by Crippen LogP contribution is 2.32. The van der Waals surface area contributed by atoms with Gasteiger partial charge in [-0.2, -0.15) is 0 Å². The van der Waals surface area contributed by atoms with Gasteiger partial charge in [-0.05, 0) is 186 Å². The molecule has 14 heteroatoms. The number of nitrogens with one attached hydrogen (secondary N) is 2. The number of carbonyl (C=O) groups excluding carboxylic acids is 6. The van der Waals surface area contributed by atoms with Crippen LogP contribution in [0.5, 0.6) is 11.5 Å². The highest BCUT2D eigenvalue weighted by atomic mass is 16.5. The second-order valence-corrected chi connectivity index (χ2v) is 39.7. The van der Waals surface area contributed by atoms with Crippen LogP contribution in [-0.4, -0.2) is 127 Å². The van der Waals surface area contributed by atoms with Crippen molar-refractivity contribution in [3.63, 3.8) is 0 Å². The monoisotopic (exact) mass is 1940 g/mol. The maximum absolute atomic E-state index is 15.2. The van der Waals surface area contributed by atoms with Crippen LogP contribution in [0.2, 0.25) is 0 Å². The van der Waals surface area contributed by atoms with Gasteiger partial charge in [-0.25, -0.2) is 0 Å². The molecule has 7 aromatic rings. The lowest BCUT2D eigenvalue weighted by Crippen LogP contribution is -2.35. The molecule has 0 spiro atoms. The number of rotatable bonds is 76. The van der Waals surface area contributed by atoms with E-state index >= 15 is 19.2 Å². The third kappa shape index (κ3) is 51.5. The summed E-state index contributed by atoms with van der Waals surface area (Å²) in [4.78, 5) is 97.7. The minimum atomic E-state index is -0.226. The Hall–Kier alpha value is -10.8. The van der Waals surface area contributed by atoms with Gasteiger partial charge in [0.25, 0.3) is 23.6 Å². The SMILES string of the molecule is CCCCCCCCN(CCCCCCCC)C(=O)c1cc(NCC(=O)CCCCOc2cc(C#Cc3ccc(C#Cc4ccccc4)cc3)c(OCCCCC(=O)Nc3cc(C(=O)N(CCCCCCCC)CCCCCCCC)cc(C(=O)N(CCCCCCCC)CCCCCCCC)c3)cc2C#Cc2ccc(C#Cc3ccccc3)cc2)cc(C(=O)N(CCCCCCCC)CCCCCCCC)c1. The molecule has 7 aromatic carbocycles. The zero-order valence-electron chi connectivity index (χ0n) is 90.0. The molecule has 0 saturated heterocycles. The number of nitrogens with zero attached hydrogens (tertiary/aromatic N) is 4. The summed E-state index contributed by atoms with van der Waals surface area (Å²) in [5.41, 5.74) is 9.06. The van der Waals surface area contributed by atoms with Crippen LogP contribution in [0.1, 0.15) is 488 Å². The lowest BCUT2D eigenvalue weighted by atomic mass is 10.0. The number of hydrogen-bond donors (Lipinski definition) is 2. The van der Waals surface area contributed by atoms with E-state index in [0.29, 0.717) is 134 Å². The number of hydrogen-bond acceptors (Lipinski definition) is 9. The summed E-state index contributed by atoms with van der Waals surface area (Å²) < 4.78 is 13.6. The fourth-order valence-electron chi connectivity index (χ4n) is 18.1. The first-order valence-electron chi connectivity index (χ1n) is 57.0. The normalized spacial score (nSPS) is 10.9. The predicted molar refractivity (Wildman–Crippen MR) is 600 cm³/mol. The summed E-state index contributed by atoms with van der Waals surface area (Å²) in [5.74, 6) is 27.3. The standard InChI is InChI=1S/C129H182N6O8/c1-9-17-25-33-41-57-89-132(90-58-42-34-26-18-10-2)126(138)116-99-117(127(139)133(91-59-43-35-27-19-11-3)92-60-44-36-28-20-12-4)102-120(101-116)130-107-122(136)71-55-65-97-142-123-105-115(88-86-113-83-79-111(80-84-113)76-74-109-69-53-50-54-70-109)124(106-114(123)87-85-112-81-77-110(78-82-112)75-73-108-67-51-49-52-68-108)143-98-66-56-72-125(137)131-121-103-118(128(140)134(93-61-45-37-29-21-13-5)94-62-46-38-30-22-14-6)100-119(104-121)129(141)135(95-63-47-39-31-23-15-7)96-64-48-40-32-24-16-8/h49-54,67-70,77-84,99-106,130H,9-48,55-66,71-72,89-98,107H2,1-8H3,(H,131,137). The van der Waals surface area contributed by atoms with E-state index in [0.717, 1.165) is 187 Å². The van der Waals surface area contributed by atoms with E-state index in [-0.39, 0.29) is 67.9 Å². The Morgan fingerprint density at radius 1 is 0.238 bits per heavy atom. The van der Waals surface area contributed by atoms with Crippen LogP contribution in [0.4, 0.5) is 11.4 Å². The van der Waals surface area contributed by atoms with Gasteiger partial charge in [0.05, 0.1) is 30.9 Å². The Bertz CT molecular complexity index is 4780. The van der Waals surface area contributed by atoms with Crippen molar-refractivity contribution in [2.75, 3.05) is 82.8 Å². The molecule has 0 bridgehead atoms. The van der Waals surface area contributed by atoms with E-state index < -0.39 is 0 Å². The molecule has 2 N–H and O–H groups in total. The molecule has 0 saturated carbocycles. The number of amides is 5. The molecule has 0 unspecified atom stereocenters. The van der Waals surface area contributed by atoms with Gasteiger partial charge in [-0.3, -0.25) is 28.8 Å². The molecular weight excluding hydrogens is 1760 g/mol. The number of ether oxygens (including phenoxy) is 2. The van der Waals surface area contributed by atoms with Crippen molar-refractivity contribution < 1.29 is 38.2 Å². The summed E-state index contributed by atoms with van der Waals surface area (Å²) >= 11 is 0. The zero-order chi connectivity index (χ0) is 102. The maximum atomic E-state index is 15.2. The van der Waals surface area contributed by atoms with Crippen LogP contribution in [0.25, 0.3) is 0 Å². The molecule has 0 aliphatic heterocycles. The maximum Gasteiger partial charge on any atom is 0.253 e. The Balaban J connectivity index is 1.18. The number of benzene rings is 7. The van der Waals surface area contributed by atoms with Crippen LogP contribution in [0.3, 0.4) is 0 Å². The first kappa shape index (κ1) is 119. The molecule has 0 aromatic heterocycles. The van der Waals surface area contributed by atoms with E-state index in [1.807, 2.05) is 159 Å². The van der Waals surface area contributed by atoms with Crippen molar-refractivity contribution in [3.8, 4) is 58.9 Å². The lowest BCUT2D eigenvalue weighted by Gasteiger charge is -2.25. The van der Waals surface area contributed by atoms with Crippen LogP contribution in [0, 0.1) is 47.4 Å². The second kappa shape index (κ2) is 76.8. The van der Waals surface area contributed by atoms with Crippen molar-refractivity contribution >= 4 is 46.7 Å². The number of unbranched alkanes of at least 4 members (excludes halogenated alkanes) is 42. The van der Waals surface area contributed by atoms with Crippen LogP contribution in [0.15, 0.2) is 158 Å². The van der Waals surface area contributed by atoms with E-state index in [2.05, 4.69) is 113 Å². The minimum absolute atomic E-state index is 0.00608. The summed E-state index contributed by atoms with van der Waals surface area (Å²) in [6.07, 6.45) is 56.0. The van der Waals surface area contributed by atoms with E-state index in [1.165, 1.54) is 154 Å². The lowest BCUT2D eigenvalue weighted by molar-refractivity contribution is -0.118. The third-order valence-corrected chi connectivity index (χ3v) is 27.0. The predicted octanol–water partition coefficient (Wildman–Crippen LogP) is 32.4. The Kier molecular flexibility index (Phi) is 64.0. The second-order valence-electron chi connectivity index (χ2n) is 39.7. The first-order valence-corrected chi connectivity index (χ1v) is 57.0. The fourth-order valence-corrected chi connectivity index (χ4v) is 18.1. The van der Waals surface area contributed by atoms with Gasteiger partial charge in [0.2, 0.25) is 5.91 Å². The van der Waals surface area contributed by atoms with Crippen LogP contribution < -0.4 is 20.1 Å². The molecule has 0 fully saturated rings. The van der Waals surface area contributed by atoms with Crippen LogP contribution >= 0.6 is 0 Å². The van der Waals surface area contributed by atoms with Gasteiger partial charge in [0.1, 0.15) is 11.5 Å². The van der Waals surface area contributed by atoms with E-state index in [1.54, 1.807) is 18.2 Å². The van der Waals surface area contributed by atoms with Gasteiger partial charge < -0.3 is 39.7 Å². The molecule has 0 aliphatic rings. The summed E-state index contributed by atoms with van der Waals surface area (Å²) in [7, 11) is 0. The fraction of sp³-hybridized carbons (Fsp3) is 0.566. The first-order chi connectivity index (χ1) is 70.2. The van der Waals surface area contributed by atoms with Gasteiger partial charge >= 0.3 is 0 Å². The van der Waals surface area contributed by atoms with E-state index in [9.17, 15) is 9.59 Å². The van der Waals surface area contributed by atoms with E-state index in [4.69, 9.17) is 9.47 Å². The van der Waals surface area contributed by atoms with Crippen molar-refractivity contribution in [2.45, 2.75) is 402 Å². The van der Waals surface area contributed by atoms with Gasteiger partial charge in [0.15, 0.2) is 5.78 Å². The molecular formula is C129H182N6O8. The smallest absolute Gasteiger partial charge is 0.253 e. The Morgan fingerprint density at radius 3 is 0.734 bits per heavy atom. The van der Waals surface area contributed by atoms with Crippen molar-refractivity contribution in [3.05, 3.63) is 224 Å². The summed E-state index contributed by atoms with van der Waals surface area (Å²) in [6, 6.07) is 50.3. The highest BCUT2D eigenvalue weighted by molar-refractivity contribution is 6.03. The quantitative estimate of drug-likeness (QED) is 0.0280.